The molecule has 0 heterocycles. The summed E-state index contributed by atoms with van der Waals surface area (Å²) in [6.45, 7) is 0. The zero-order valence-corrected chi connectivity index (χ0v) is 4.90. The molecule has 0 aliphatic rings. The monoisotopic (exact) mass is 178 g/mol. The van der Waals surface area contributed by atoms with Crippen LogP contribution >= 0.6 is 0 Å². The minimum Gasteiger partial charge on any atom is -0.479 e. The molecule has 1 N–H and O–H groups in total. The van der Waals surface area contributed by atoms with E-state index in [0.29, 0.717) is 0 Å². The summed E-state index contributed by atoms with van der Waals surface area (Å²) in [4.78, 5) is 9.57. The summed E-state index contributed by atoms with van der Waals surface area (Å²) < 4.78 is 57.5. The van der Waals surface area contributed by atoms with Crippen molar-refractivity contribution in [2.75, 3.05) is 0 Å². The molecule has 0 saturated carbocycles. The zero-order valence-electron chi connectivity index (χ0n) is 4.90. The van der Waals surface area contributed by atoms with Gasteiger partial charge >= 0.3 is 11.6 Å². The lowest BCUT2D eigenvalue weighted by Gasteiger charge is -2.17. The molecular weight excluding hydrogens is 175 g/mol. The Balaban J connectivity index is 4.67. The highest BCUT2D eigenvalue weighted by Crippen LogP contribution is 2.28. The van der Waals surface area contributed by atoms with Crippen LogP contribution < -0.4 is 0 Å². The van der Waals surface area contributed by atoms with Gasteiger partial charge in [-0.15, -0.1) is 0 Å². The second-order valence-corrected chi connectivity index (χ2v) is 1.67. The van der Waals surface area contributed by atoms with Gasteiger partial charge in [0.05, 0.1) is 0 Å². The largest absolute Gasteiger partial charge is 0.479 e. The van der Waals surface area contributed by atoms with Gasteiger partial charge < -0.3 is 5.11 Å². The van der Waals surface area contributed by atoms with Crippen LogP contribution in [0.4, 0.5) is 22.0 Å². The lowest BCUT2D eigenvalue weighted by atomic mass is 10.1. The predicted octanol–water partition coefficient (Wildman–Crippen LogP) is 1.31. The van der Waals surface area contributed by atoms with Crippen LogP contribution in [0.25, 0.3) is 0 Å². The molecule has 0 radical (unpaired) electrons. The molecule has 0 aliphatic carbocycles. The van der Waals surface area contributed by atoms with Gasteiger partial charge in [0.15, 0.2) is 0 Å². The van der Waals surface area contributed by atoms with E-state index in [1.165, 1.54) is 0 Å². The lowest BCUT2D eigenvalue weighted by molar-refractivity contribution is -0.182. The van der Waals surface area contributed by atoms with Crippen molar-refractivity contribution in [1.82, 2.24) is 0 Å². The molecule has 0 aliphatic heterocycles. The van der Waals surface area contributed by atoms with Crippen LogP contribution in [0.15, 0.2) is 0 Å². The molecule has 0 saturated heterocycles. The molecule has 0 aromatic rings. The fourth-order valence-corrected chi connectivity index (χ4v) is 0.282. The minimum absolute atomic E-state index is 2.86. The molecule has 7 heteroatoms. The second kappa shape index (κ2) is 3.02. The lowest BCUT2D eigenvalue weighted by Crippen LogP contribution is -2.47. The molecule has 0 fully saturated rings. The predicted molar refractivity (Wildman–Crippen MR) is 23.5 cm³/mol. The van der Waals surface area contributed by atoms with Crippen molar-refractivity contribution in [1.29, 1.82) is 0 Å². The Bertz CT molecular complexity index is 149. The van der Waals surface area contributed by atoms with Crippen molar-refractivity contribution in [3.63, 3.8) is 0 Å². The number of halogens is 5. The van der Waals surface area contributed by atoms with Gasteiger partial charge in [0.25, 0.3) is 12.9 Å². The van der Waals surface area contributed by atoms with E-state index in [2.05, 4.69) is 0 Å². The van der Waals surface area contributed by atoms with Crippen LogP contribution in [0.1, 0.15) is 0 Å². The molecule has 0 unspecified atom stereocenters. The molecule has 2 nitrogen and oxygen atoms in total. The van der Waals surface area contributed by atoms with Gasteiger partial charge in [0.2, 0.25) is 0 Å². The molecule has 0 atom stereocenters. The molecule has 0 spiro atoms. The van der Waals surface area contributed by atoms with Gasteiger partial charge in [0, 0.05) is 0 Å². The molecule has 0 bridgehead atoms. The number of hydrogen-bond donors (Lipinski definition) is 1. The molecule has 66 valence electrons. The molecule has 0 aromatic carbocycles. The fraction of sp³-hybridized carbons (Fsp3) is 0.750. The maximum Gasteiger partial charge on any atom is 0.353 e. The van der Waals surface area contributed by atoms with E-state index >= 15 is 0 Å². The summed E-state index contributed by atoms with van der Waals surface area (Å²) in [5.41, 5.74) is -4.75. The van der Waals surface area contributed by atoms with Crippen molar-refractivity contribution in [2.24, 2.45) is 0 Å². The molecule has 0 rings (SSSR count). The number of carboxylic acid groups (broad SMARTS) is 1. The topological polar surface area (TPSA) is 37.3 Å². The summed E-state index contributed by atoms with van der Waals surface area (Å²) >= 11 is 0. The average molecular weight is 178 g/mol. The maximum atomic E-state index is 12.1. The van der Waals surface area contributed by atoms with Gasteiger partial charge in [-0.05, 0) is 0 Å². The summed E-state index contributed by atoms with van der Waals surface area (Å²) in [7, 11) is 0. The molecular formula is C4H3F5O2. The highest BCUT2D eigenvalue weighted by atomic mass is 19.3. The van der Waals surface area contributed by atoms with Crippen molar-refractivity contribution < 1.29 is 31.9 Å². The normalized spacial score (nSPS) is 12.6. The highest BCUT2D eigenvalue weighted by Gasteiger charge is 2.57. The van der Waals surface area contributed by atoms with Crippen molar-refractivity contribution in [3.05, 3.63) is 0 Å². The highest BCUT2D eigenvalue weighted by molar-refractivity contribution is 5.78. The van der Waals surface area contributed by atoms with Crippen LogP contribution in [-0.2, 0) is 4.79 Å². The Morgan fingerprint density at radius 3 is 1.45 bits per heavy atom. The Hall–Kier alpha value is -0.880. The summed E-state index contributed by atoms with van der Waals surface area (Å²) in [6, 6.07) is 0. The first-order chi connectivity index (χ1) is 4.83. The SMILES string of the molecule is O=C(O)C(F)(C(F)F)C(F)F. The first-order valence-electron chi connectivity index (χ1n) is 2.32. The van der Waals surface area contributed by atoms with Gasteiger partial charge in [-0.25, -0.2) is 26.7 Å². The van der Waals surface area contributed by atoms with Crippen LogP contribution in [0.2, 0.25) is 0 Å². The van der Waals surface area contributed by atoms with Crippen LogP contribution in [0.5, 0.6) is 0 Å². The number of rotatable bonds is 3. The third kappa shape index (κ3) is 1.58. The standard InChI is InChI=1S/C4H3F5O2/c5-1(6)4(9,2(7)8)3(10)11/h1-2H,(H,10,11). The molecule has 0 aromatic heterocycles. The van der Waals surface area contributed by atoms with E-state index in [0.717, 1.165) is 0 Å². The first-order valence-corrected chi connectivity index (χ1v) is 2.32. The number of carbonyl (C=O) groups is 1. The Kier molecular flexibility index (Phi) is 2.77. The number of hydrogen-bond acceptors (Lipinski definition) is 1. The molecule has 0 amide bonds. The smallest absolute Gasteiger partial charge is 0.353 e. The Morgan fingerprint density at radius 2 is 1.45 bits per heavy atom. The summed E-state index contributed by atoms with van der Waals surface area (Å²) in [5, 5.41) is 7.64. The second-order valence-electron chi connectivity index (χ2n) is 1.67. The van der Waals surface area contributed by atoms with E-state index in [1.54, 1.807) is 0 Å². The summed E-state index contributed by atoms with van der Waals surface area (Å²) in [5.74, 6) is -2.86. The fourth-order valence-electron chi connectivity index (χ4n) is 0.282. The van der Waals surface area contributed by atoms with Crippen molar-refractivity contribution in [2.45, 2.75) is 18.5 Å². The first kappa shape index (κ1) is 10.1. The van der Waals surface area contributed by atoms with Crippen molar-refractivity contribution >= 4 is 5.97 Å². The van der Waals surface area contributed by atoms with Gasteiger partial charge in [-0.3, -0.25) is 0 Å². The third-order valence-corrected chi connectivity index (χ3v) is 0.963. The average Bonchev–Trinajstić information content (AvgIpc) is 1.84. The van der Waals surface area contributed by atoms with Gasteiger partial charge in [-0.2, -0.15) is 0 Å². The van der Waals surface area contributed by atoms with Crippen LogP contribution in [0.3, 0.4) is 0 Å². The minimum atomic E-state index is -4.75. The number of carboxylic acids is 1. The summed E-state index contributed by atoms with van der Waals surface area (Å²) in [6.07, 6.45) is -8.47. The van der Waals surface area contributed by atoms with E-state index in [4.69, 9.17) is 5.11 Å². The number of alkyl halides is 5. The Morgan fingerprint density at radius 1 is 1.18 bits per heavy atom. The van der Waals surface area contributed by atoms with E-state index in [9.17, 15) is 26.7 Å². The van der Waals surface area contributed by atoms with E-state index in [1.807, 2.05) is 0 Å². The van der Waals surface area contributed by atoms with Gasteiger partial charge in [0.1, 0.15) is 0 Å². The van der Waals surface area contributed by atoms with Gasteiger partial charge in [-0.1, -0.05) is 0 Å². The van der Waals surface area contributed by atoms with E-state index in [-0.39, 0.29) is 0 Å². The van der Waals surface area contributed by atoms with Crippen molar-refractivity contribution in [3.8, 4) is 0 Å². The molecule has 11 heavy (non-hydrogen) atoms. The van der Waals surface area contributed by atoms with E-state index < -0.39 is 24.5 Å². The third-order valence-electron chi connectivity index (χ3n) is 0.963. The quantitative estimate of drug-likeness (QED) is 0.661. The Labute approximate surface area is 57.6 Å². The maximum absolute atomic E-state index is 12.1. The number of aliphatic carboxylic acids is 1. The zero-order chi connectivity index (χ0) is 9.23. The van der Waals surface area contributed by atoms with Crippen LogP contribution in [-0.4, -0.2) is 29.6 Å². The van der Waals surface area contributed by atoms with Crippen LogP contribution in [0, 0.1) is 0 Å².